The molecule has 6 heteroatoms. The lowest BCUT2D eigenvalue weighted by Crippen LogP contribution is -2.27. The predicted molar refractivity (Wildman–Crippen MR) is 72.2 cm³/mol. The molecular weight excluding hydrogens is 250 g/mol. The van der Waals surface area contributed by atoms with Gasteiger partial charge in [-0.15, -0.1) is 0 Å². The smallest absolute Gasteiger partial charge is 0.356 e. The van der Waals surface area contributed by atoms with Crippen LogP contribution in [0.2, 0.25) is 0 Å². The topological polar surface area (TPSA) is 75.1 Å². The highest BCUT2D eigenvalue weighted by Gasteiger charge is 2.20. The molecular formula is C12H17N3O2S. The molecule has 0 amide bonds. The zero-order chi connectivity index (χ0) is 13.0. The van der Waals surface area contributed by atoms with Gasteiger partial charge in [-0.05, 0) is 31.9 Å². The fourth-order valence-corrected chi connectivity index (χ4v) is 2.91. The lowest BCUT2D eigenvalue weighted by molar-refractivity contribution is 0.0690. The van der Waals surface area contributed by atoms with Crippen LogP contribution in [0.25, 0.3) is 0 Å². The van der Waals surface area contributed by atoms with Gasteiger partial charge in [0.2, 0.25) is 0 Å². The standard InChI is InChI=1S/C12H17N3O2S/c1-18-9-4-2-8(3-5-9)15-11-7-13-10(6-14-11)12(16)17/h6-9H,2-5H2,1H3,(H,14,15)(H,16,17). The highest BCUT2D eigenvalue weighted by molar-refractivity contribution is 7.99. The summed E-state index contributed by atoms with van der Waals surface area (Å²) < 4.78 is 0. The third-order valence-electron chi connectivity index (χ3n) is 3.23. The van der Waals surface area contributed by atoms with Crippen molar-refractivity contribution in [2.75, 3.05) is 11.6 Å². The van der Waals surface area contributed by atoms with Crippen LogP contribution in [0.5, 0.6) is 0 Å². The molecule has 1 saturated carbocycles. The number of hydrogen-bond donors (Lipinski definition) is 2. The average Bonchev–Trinajstić information content (AvgIpc) is 2.40. The Kier molecular flexibility index (Phi) is 4.41. The molecule has 0 aliphatic heterocycles. The van der Waals surface area contributed by atoms with Crippen molar-refractivity contribution in [1.82, 2.24) is 9.97 Å². The monoisotopic (exact) mass is 267 g/mol. The number of rotatable bonds is 4. The van der Waals surface area contributed by atoms with E-state index in [2.05, 4.69) is 21.5 Å². The number of hydrogen-bond acceptors (Lipinski definition) is 5. The molecule has 1 aromatic rings. The number of nitrogens with zero attached hydrogens (tertiary/aromatic N) is 2. The molecule has 2 rings (SSSR count). The molecule has 1 fully saturated rings. The summed E-state index contributed by atoms with van der Waals surface area (Å²) in [5.74, 6) is -0.387. The number of thioether (sulfide) groups is 1. The number of carbonyl (C=O) groups is 1. The molecule has 0 atom stereocenters. The van der Waals surface area contributed by atoms with Crippen LogP contribution in [-0.4, -0.2) is 38.6 Å². The zero-order valence-electron chi connectivity index (χ0n) is 10.3. The van der Waals surface area contributed by atoms with Crippen molar-refractivity contribution in [2.45, 2.75) is 37.0 Å². The van der Waals surface area contributed by atoms with Crippen LogP contribution in [0, 0.1) is 0 Å². The minimum atomic E-state index is -1.05. The lowest BCUT2D eigenvalue weighted by atomic mass is 9.95. The van der Waals surface area contributed by atoms with E-state index >= 15 is 0 Å². The van der Waals surface area contributed by atoms with E-state index in [1.54, 1.807) is 0 Å². The minimum absolute atomic E-state index is 0.0216. The van der Waals surface area contributed by atoms with Gasteiger partial charge in [-0.25, -0.2) is 14.8 Å². The molecule has 1 heterocycles. The van der Waals surface area contributed by atoms with Gasteiger partial charge in [0.25, 0.3) is 0 Å². The predicted octanol–water partition coefficient (Wildman–Crippen LogP) is 2.26. The minimum Gasteiger partial charge on any atom is -0.476 e. The van der Waals surface area contributed by atoms with Crippen molar-refractivity contribution < 1.29 is 9.90 Å². The summed E-state index contributed by atoms with van der Waals surface area (Å²) in [7, 11) is 0. The van der Waals surface area contributed by atoms with Gasteiger partial charge in [-0.2, -0.15) is 11.8 Å². The quantitative estimate of drug-likeness (QED) is 0.871. The molecule has 0 radical (unpaired) electrons. The second-order valence-corrected chi connectivity index (χ2v) is 5.58. The average molecular weight is 267 g/mol. The molecule has 0 saturated heterocycles. The summed E-state index contributed by atoms with van der Waals surface area (Å²) >= 11 is 1.94. The first kappa shape index (κ1) is 13.1. The van der Waals surface area contributed by atoms with Crippen molar-refractivity contribution in [2.24, 2.45) is 0 Å². The first-order valence-corrected chi connectivity index (χ1v) is 7.32. The van der Waals surface area contributed by atoms with Crippen molar-refractivity contribution in [3.63, 3.8) is 0 Å². The molecule has 18 heavy (non-hydrogen) atoms. The van der Waals surface area contributed by atoms with Crippen LogP contribution in [0.3, 0.4) is 0 Å². The summed E-state index contributed by atoms with van der Waals surface area (Å²) in [6.45, 7) is 0. The Morgan fingerprint density at radius 1 is 1.33 bits per heavy atom. The van der Waals surface area contributed by atoms with Crippen LogP contribution in [0.15, 0.2) is 12.4 Å². The van der Waals surface area contributed by atoms with Gasteiger partial charge in [-0.1, -0.05) is 0 Å². The van der Waals surface area contributed by atoms with E-state index in [4.69, 9.17) is 5.11 Å². The van der Waals surface area contributed by atoms with Gasteiger partial charge < -0.3 is 10.4 Å². The van der Waals surface area contributed by atoms with E-state index in [0.29, 0.717) is 11.9 Å². The molecule has 0 aromatic carbocycles. The molecule has 0 unspecified atom stereocenters. The van der Waals surface area contributed by atoms with E-state index in [-0.39, 0.29) is 5.69 Å². The fraction of sp³-hybridized carbons (Fsp3) is 0.583. The summed E-state index contributed by atoms with van der Waals surface area (Å²) in [6.07, 6.45) is 9.65. The number of aromatic nitrogens is 2. The third-order valence-corrected chi connectivity index (χ3v) is 4.37. The molecule has 5 nitrogen and oxygen atoms in total. The lowest BCUT2D eigenvalue weighted by Gasteiger charge is -2.28. The maximum Gasteiger partial charge on any atom is 0.356 e. The van der Waals surface area contributed by atoms with Crippen LogP contribution in [0.4, 0.5) is 5.82 Å². The summed E-state index contributed by atoms with van der Waals surface area (Å²) in [5.41, 5.74) is -0.0216. The highest BCUT2D eigenvalue weighted by Crippen LogP contribution is 2.28. The van der Waals surface area contributed by atoms with Crippen molar-refractivity contribution >= 4 is 23.5 Å². The van der Waals surface area contributed by atoms with Gasteiger partial charge in [0.05, 0.1) is 12.4 Å². The summed E-state index contributed by atoms with van der Waals surface area (Å²) in [4.78, 5) is 18.6. The normalized spacial score (nSPS) is 23.6. The van der Waals surface area contributed by atoms with E-state index in [0.717, 1.165) is 18.1 Å². The van der Waals surface area contributed by atoms with E-state index in [1.807, 2.05) is 11.8 Å². The number of carboxylic acids is 1. The Balaban J connectivity index is 1.88. The largest absolute Gasteiger partial charge is 0.476 e. The van der Waals surface area contributed by atoms with Gasteiger partial charge in [0.15, 0.2) is 5.69 Å². The SMILES string of the molecule is CSC1CCC(Nc2cnc(C(=O)O)cn2)CC1. The Morgan fingerprint density at radius 2 is 2.06 bits per heavy atom. The maximum absolute atomic E-state index is 10.6. The number of aromatic carboxylic acids is 1. The molecule has 0 spiro atoms. The highest BCUT2D eigenvalue weighted by atomic mass is 32.2. The molecule has 98 valence electrons. The van der Waals surface area contributed by atoms with Crippen molar-refractivity contribution in [3.8, 4) is 0 Å². The van der Waals surface area contributed by atoms with Crippen molar-refractivity contribution in [3.05, 3.63) is 18.1 Å². The Morgan fingerprint density at radius 3 is 2.56 bits per heavy atom. The molecule has 2 N–H and O–H groups in total. The van der Waals surface area contributed by atoms with E-state index < -0.39 is 5.97 Å². The van der Waals surface area contributed by atoms with E-state index in [9.17, 15) is 4.79 Å². The molecule has 1 aromatic heterocycles. The second-order valence-electron chi connectivity index (χ2n) is 4.45. The number of carboxylic acid groups (broad SMARTS) is 1. The van der Waals surface area contributed by atoms with Crippen LogP contribution in [-0.2, 0) is 0 Å². The van der Waals surface area contributed by atoms with E-state index in [1.165, 1.54) is 25.2 Å². The molecule has 0 bridgehead atoms. The Bertz CT molecular complexity index is 402. The van der Waals surface area contributed by atoms with Crippen molar-refractivity contribution in [1.29, 1.82) is 0 Å². The fourth-order valence-electron chi connectivity index (χ4n) is 2.17. The number of anilines is 1. The molecule has 1 aliphatic rings. The van der Waals surface area contributed by atoms with Gasteiger partial charge in [0, 0.05) is 11.3 Å². The van der Waals surface area contributed by atoms with Crippen LogP contribution in [0.1, 0.15) is 36.2 Å². The first-order chi connectivity index (χ1) is 8.69. The van der Waals surface area contributed by atoms with Gasteiger partial charge in [-0.3, -0.25) is 0 Å². The zero-order valence-corrected chi connectivity index (χ0v) is 11.1. The Hall–Kier alpha value is -1.30. The maximum atomic E-state index is 10.6. The second kappa shape index (κ2) is 6.04. The number of nitrogens with one attached hydrogen (secondary N) is 1. The third kappa shape index (κ3) is 3.35. The summed E-state index contributed by atoms with van der Waals surface area (Å²) in [5, 5.41) is 12.8. The first-order valence-electron chi connectivity index (χ1n) is 6.03. The Labute approximate surface area is 110 Å². The van der Waals surface area contributed by atoms with Crippen LogP contribution < -0.4 is 5.32 Å². The van der Waals surface area contributed by atoms with Crippen LogP contribution >= 0.6 is 11.8 Å². The van der Waals surface area contributed by atoms with Gasteiger partial charge >= 0.3 is 5.97 Å². The summed E-state index contributed by atoms with van der Waals surface area (Å²) in [6, 6.07) is 0.429. The molecule has 1 aliphatic carbocycles. The van der Waals surface area contributed by atoms with Gasteiger partial charge in [0.1, 0.15) is 5.82 Å².